The van der Waals surface area contributed by atoms with Crippen LogP contribution >= 0.6 is 0 Å². The SMILES string of the molecule is CC(C)NS(=O)(=O)c1cccc(C(=O)Nc2ccc3c(c2)CCC3)c1. The quantitative estimate of drug-likeness (QED) is 0.862. The highest BCUT2D eigenvalue weighted by molar-refractivity contribution is 7.89. The molecule has 6 heteroatoms. The van der Waals surface area contributed by atoms with Crippen LogP contribution in [0.2, 0.25) is 0 Å². The van der Waals surface area contributed by atoms with Crippen molar-refractivity contribution in [1.82, 2.24) is 4.72 Å². The maximum Gasteiger partial charge on any atom is 0.255 e. The molecule has 0 atom stereocenters. The van der Waals surface area contributed by atoms with E-state index in [9.17, 15) is 13.2 Å². The van der Waals surface area contributed by atoms with Crippen molar-refractivity contribution >= 4 is 21.6 Å². The van der Waals surface area contributed by atoms with Gasteiger partial charge in [-0.1, -0.05) is 12.1 Å². The fourth-order valence-electron chi connectivity index (χ4n) is 3.04. The predicted octanol–water partition coefficient (Wildman–Crippen LogP) is 3.11. The van der Waals surface area contributed by atoms with Crippen molar-refractivity contribution < 1.29 is 13.2 Å². The van der Waals surface area contributed by atoms with Crippen LogP contribution in [0.4, 0.5) is 5.69 Å². The second kappa shape index (κ2) is 6.98. The Bertz CT molecular complexity index is 905. The second-order valence-corrected chi connectivity index (χ2v) is 8.31. The Hall–Kier alpha value is -2.18. The molecule has 0 aliphatic heterocycles. The largest absolute Gasteiger partial charge is 0.322 e. The number of carbonyl (C=O) groups is 1. The molecule has 0 heterocycles. The monoisotopic (exact) mass is 358 g/mol. The molecule has 0 unspecified atom stereocenters. The third-order valence-corrected chi connectivity index (χ3v) is 5.81. The molecule has 25 heavy (non-hydrogen) atoms. The summed E-state index contributed by atoms with van der Waals surface area (Å²) in [6.07, 6.45) is 3.27. The van der Waals surface area contributed by atoms with Gasteiger partial charge in [-0.05, 0) is 74.6 Å². The third kappa shape index (κ3) is 4.08. The van der Waals surface area contributed by atoms with Crippen LogP contribution in [0, 0.1) is 0 Å². The van der Waals surface area contributed by atoms with Crippen LogP contribution in [-0.2, 0) is 22.9 Å². The van der Waals surface area contributed by atoms with Gasteiger partial charge in [0.2, 0.25) is 10.0 Å². The van der Waals surface area contributed by atoms with Gasteiger partial charge in [0.05, 0.1) is 4.90 Å². The number of aryl methyl sites for hydroxylation is 2. The summed E-state index contributed by atoms with van der Waals surface area (Å²) < 4.78 is 27.0. The lowest BCUT2D eigenvalue weighted by molar-refractivity contribution is 0.102. The van der Waals surface area contributed by atoms with Crippen molar-refractivity contribution in [3.8, 4) is 0 Å². The van der Waals surface area contributed by atoms with E-state index in [2.05, 4.69) is 10.0 Å². The fourth-order valence-corrected chi connectivity index (χ4v) is 4.33. The lowest BCUT2D eigenvalue weighted by Gasteiger charge is -2.11. The third-order valence-electron chi connectivity index (χ3n) is 4.15. The van der Waals surface area contributed by atoms with Gasteiger partial charge in [-0.2, -0.15) is 0 Å². The molecule has 0 fully saturated rings. The standard InChI is InChI=1S/C19H22N2O3S/c1-13(2)21-25(23,24)18-8-4-7-16(12-18)19(22)20-17-10-9-14-5-3-6-15(14)11-17/h4,7-13,21H,3,5-6H2,1-2H3,(H,20,22). The van der Waals surface area contributed by atoms with Crippen molar-refractivity contribution in [3.05, 3.63) is 59.2 Å². The highest BCUT2D eigenvalue weighted by atomic mass is 32.2. The molecule has 132 valence electrons. The summed E-state index contributed by atoms with van der Waals surface area (Å²) in [7, 11) is -3.63. The molecule has 0 saturated heterocycles. The number of rotatable bonds is 5. The van der Waals surface area contributed by atoms with E-state index in [1.165, 1.54) is 23.3 Å². The van der Waals surface area contributed by atoms with E-state index in [1.807, 2.05) is 18.2 Å². The minimum Gasteiger partial charge on any atom is -0.322 e. The maximum atomic E-state index is 12.5. The van der Waals surface area contributed by atoms with Gasteiger partial charge in [-0.3, -0.25) is 4.79 Å². The summed E-state index contributed by atoms with van der Waals surface area (Å²) in [5, 5.41) is 2.85. The number of carbonyl (C=O) groups excluding carboxylic acids is 1. The summed E-state index contributed by atoms with van der Waals surface area (Å²) in [6, 6.07) is 11.8. The van der Waals surface area contributed by atoms with Crippen LogP contribution in [0.3, 0.4) is 0 Å². The van der Waals surface area contributed by atoms with Gasteiger partial charge < -0.3 is 5.32 Å². The van der Waals surface area contributed by atoms with Crippen LogP contribution in [0.15, 0.2) is 47.4 Å². The molecule has 1 aliphatic carbocycles. The van der Waals surface area contributed by atoms with Crippen LogP contribution < -0.4 is 10.0 Å². The van der Waals surface area contributed by atoms with Gasteiger partial charge in [-0.15, -0.1) is 0 Å². The van der Waals surface area contributed by atoms with Gasteiger partial charge in [0.15, 0.2) is 0 Å². The van der Waals surface area contributed by atoms with E-state index < -0.39 is 10.0 Å². The van der Waals surface area contributed by atoms with Crippen molar-refractivity contribution in [2.45, 2.75) is 44.0 Å². The van der Waals surface area contributed by atoms with Crippen LogP contribution in [0.1, 0.15) is 41.8 Å². The first kappa shape index (κ1) is 17.6. The Morgan fingerprint density at radius 1 is 1.04 bits per heavy atom. The van der Waals surface area contributed by atoms with Crippen LogP contribution in [-0.4, -0.2) is 20.4 Å². The lowest BCUT2D eigenvalue weighted by Crippen LogP contribution is -2.30. The number of anilines is 1. The van der Waals surface area contributed by atoms with E-state index in [4.69, 9.17) is 0 Å². The van der Waals surface area contributed by atoms with Crippen LogP contribution in [0.25, 0.3) is 0 Å². The summed E-state index contributed by atoms with van der Waals surface area (Å²) in [6.45, 7) is 3.50. The number of nitrogens with one attached hydrogen (secondary N) is 2. The first-order valence-electron chi connectivity index (χ1n) is 8.41. The molecular formula is C19H22N2O3S. The van der Waals surface area contributed by atoms with Crippen molar-refractivity contribution in [1.29, 1.82) is 0 Å². The van der Waals surface area contributed by atoms with Crippen molar-refractivity contribution in [2.24, 2.45) is 0 Å². The zero-order valence-corrected chi connectivity index (χ0v) is 15.2. The Balaban J connectivity index is 1.80. The highest BCUT2D eigenvalue weighted by Gasteiger charge is 2.18. The van der Waals surface area contributed by atoms with E-state index in [0.717, 1.165) is 24.9 Å². The number of sulfonamides is 1. The molecule has 2 aromatic carbocycles. The average molecular weight is 358 g/mol. The molecule has 1 amide bonds. The normalized spacial score (nSPS) is 13.7. The van der Waals surface area contributed by atoms with Gasteiger partial charge in [-0.25, -0.2) is 13.1 Å². The molecule has 1 aliphatic rings. The number of amides is 1. The highest BCUT2D eigenvalue weighted by Crippen LogP contribution is 2.25. The van der Waals surface area contributed by atoms with Crippen molar-refractivity contribution in [3.63, 3.8) is 0 Å². The molecule has 2 N–H and O–H groups in total. The first-order valence-corrected chi connectivity index (χ1v) is 9.89. The molecule has 0 spiro atoms. The molecule has 3 rings (SSSR count). The molecule has 0 aromatic heterocycles. The minimum atomic E-state index is -3.63. The predicted molar refractivity (Wildman–Crippen MR) is 98.3 cm³/mol. The topological polar surface area (TPSA) is 75.3 Å². The zero-order chi connectivity index (χ0) is 18.0. The van der Waals surface area contributed by atoms with Gasteiger partial charge in [0.25, 0.3) is 5.91 Å². The summed E-state index contributed by atoms with van der Waals surface area (Å²) in [4.78, 5) is 12.6. The zero-order valence-electron chi connectivity index (χ0n) is 14.4. The lowest BCUT2D eigenvalue weighted by atomic mass is 10.1. The Kier molecular flexibility index (Phi) is 4.92. The second-order valence-electron chi connectivity index (χ2n) is 6.59. The summed E-state index contributed by atoms with van der Waals surface area (Å²) >= 11 is 0. The fraction of sp³-hybridized carbons (Fsp3) is 0.316. The minimum absolute atomic E-state index is 0.0859. The number of hydrogen-bond acceptors (Lipinski definition) is 3. The van der Waals surface area contributed by atoms with E-state index >= 15 is 0 Å². The van der Waals surface area contributed by atoms with E-state index in [-0.39, 0.29) is 16.8 Å². The smallest absolute Gasteiger partial charge is 0.255 e. The van der Waals surface area contributed by atoms with E-state index in [0.29, 0.717) is 5.56 Å². The summed E-state index contributed by atoms with van der Waals surface area (Å²) in [5.41, 5.74) is 3.66. The number of hydrogen-bond donors (Lipinski definition) is 2. The Morgan fingerprint density at radius 2 is 1.80 bits per heavy atom. The van der Waals surface area contributed by atoms with E-state index in [1.54, 1.807) is 26.0 Å². The summed E-state index contributed by atoms with van der Waals surface area (Å²) in [5.74, 6) is -0.320. The van der Waals surface area contributed by atoms with Gasteiger partial charge in [0, 0.05) is 17.3 Å². The van der Waals surface area contributed by atoms with Gasteiger partial charge >= 0.3 is 0 Å². The van der Waals surface area contributed by atoms with Crippen molar-refractivity contribution in [2.75, 3.05) is 5.32 Å². The maximum absolute atomic E-state index is 12.5. The Morgan fingerprint density at radius 3 is 2.56 bits per heavy atom. The molecule has 0 bridgehead atoms. The number of benzene rings is 2. The molecule has 5 nitrogen and oxygen atoms in total. The Labute approximate surface area is 148 Å². The molecule has 0 saturated carbocycles. The van der Waals surface area contributed by atoms with Crippen LogP contribution in [0.5, 0.6) is 0 Å². The molecule has 0 radical (unpaired) electrons. The number of fused-ring (bicyclic) bond motifs is 1. The first-order chi connectivity index (χ1) is 11.8. The molecule has 2 aromatic rings. The molecular weight excluding hydrogens is 336 g/mol. The average Bonchev–Trinajstić information content (AvgIpc) is 3.01. The van der Waals surface area contributed by atoms with Gasteiger partial charge in [0.1, 0.15) is 0 Å².